The average molecular weight is 322 g/mol. The molecule has 0 aliphatic carbocycles. The maximum absolute atomic E-state index is 10.9. The fourth-order valence-corrected chi connectivity index (χ4v) is 2.35. The first-order chi connectivity index (χ1) is 10.6. The second-order valence-corrected chi connectivity index (χ2v) is 4.91. The maximum atomic E-state index is 10.9. The molecule has 2 rings (SSSR count). The van der Waals surface area contributed by atoms with Gasteiger partial charge in [-0.15, -0.1) is 0 Å². The minimum Gasteiger partial charge on any atom is -0.493 e. The van der Waals surface area contributed by atoms with E-state index >= 15 is 0 Å². The Hall–Kier alpha value is -2.40. The van der Waals surface area contributed by atoms with Crippen molar-refractivity contribution < 1.29 is 19.4 Å². The third kappa shape index (κ3) is 3.43. The Bertz CT molecular complexity index is 688. The first-order valence-corrected chi connectivity index (χ1v) is 6.91. The van der Waals surface area contributed by atoms with Crippen LogP contribution in [0.25, 0.3) is 0 Å². The Labute approximate surface area is 133 Å². The standard InChI is InChI=1S/C16H16ClNO4/c1-21-14-5-3-4-10(15(14)22-2)9-18-11-6-7-12(16(19)20)13(17)8-11/h3-8,18H,9H2,1-2H3,(H,19,20). The highest BCUT2D eigenvalue weighted by Crippen LogP contribution is 2.31. The summed E-state index contributed by atoms with van der Waals surface area (Å²) in [4.78, 5) is 10.9. The molecule has 6 heteroatoms. The number of benzene rings is 2. The van der Waals surface area contributed by atoms with Crippen LogP contribution < -0.4 is 14.8 Å². The van der Waals surface area contributed by atoms with Gasteiger partial charge in [-0.1, -0.05) is 23.7 Å². The van der Waals surface area contributed by atoms with E-state index in [0.29, 0.717) is 18.0 Å². The second-order valence-electron chi connectivity index (χ2n) is 4.51. The molecule has 0 spiro atoms. The van der Waals surface area contributed by atoms with Crippen LogP contribution in [0.15, 0.2) is 36.4 Å². The van der Waals surface area contributed by atoms with Crippen molar-refractivity contribution in [1.82, 2.24) is 0 Å². The number of carbonyl (C=O) groups is 1. The van der Waals surface area contributed by atoms with Gasteiger partial charge in [0.2, 0.25) is 0 Å². The molecule has 0 fully saturated rings. The summed E-state index contributed by atoms with van der Waals surface area (Å²) in [6.07, 6.45) is 0. The van der Waals surface area contributed by atoms with E-state index in [2.05, 4.69) is 5.32 Å². The molecule has 0 unspecified atom stereocenters. The fourth-order valence-electron chi connectivity index (χ4n) is 2.09. The summed E-state index contributed by atoms with van der Waals surface area (Å²) in [7, 11) is 3.17. The van der Waals surface area contributed by atoms with E-state index in [1.54, 1.807) is 26.4 Å². The number of anilines is 1. The largest absolute Gasteiger partial charge is 0.493 e. The number of nitrogens with one attached hydrogen (secondary N) is 1. The van der Waals surface area contributed by atoms with Gasteiger partial charge in [0, 0.05) is 17.8 Å². The zero-order chi connectivity index (χ0) is 16.1. The number of carboxylic acids is 1. The number of ether oxygens (including phenoxy) is 2. The number of hydrogen-bond acceptors (Lipinski definition) is 4. The highest BCUT2D eigenvalue weighted by molar-refractivity contribution is 6.33. The maximum Gasteiger partial charge on any atom is 0.337 e. The van der Waals surface area contributed by atoms with Crippen LogP contribution in [0.2, 0.25) is 5.02 Å². The van der Waals surface area contributed by atoms with Gasteiger partial charge in [-0.3, -0.25) is 0 Å². The van der Waals surface area contributed by atoms with Gasteiger partial charge in [-0.25, -0.2) is 4.79 Å². The predicted molar refractivity (Wildman–Crippen MR) is 85.3 cm³/mol. The Kier molecular flexibility index (Phi) is 5.12. The molecule has 0 heterocycles. The minimum absolute atomic E-state index is 0.0752. The van der Waals surface area contributed by atoms with Crippen LogP contribution in [0.5, 0.6) is 11.5 Å². The Balaban J connectivity index is 2.17. The third-order valence-electron chi connectivity index (χ3n) is 3.17. The van der Waals surface area contributed by atoms with E-state index in [-0.39, 0.29) is 10.6 Å². The minimum atomic E-state index is -1.05. The first kappa shape index (κ1) is 16.0. The molecule has 0 saturated heterocycles. The summed E-state index contributed by atoms with van der Waals surface area (Å²) in [5.41, 5.74) is 1.71. The van der Waals surface area contributed by atoms with Crippen molar-refractivity contribution in [2.75, 3.05) is 19.5 Å². The van der Waals surface area contributed by atoms with Crippen molar-refractivity contribution in [2.45, 2.75) is 6.54 Å². The quantitative estimate of drug-likeness (QED) is 0.849. The van der Waals surface area contributed by atoms with E-state index in [1.807, 2.05) is 18.2 Å². The van der Waals surface area contributed by atoms with Crippen molar-refractivity contribution in [2.24, 2.45) is 0 Å². The fraction of sp³-hybridized carbons (Fsp3) is 0.188. The molecule has 2 aromatic rings. The summed E-state index contributed by atoms with van der Waals surface area (Å²) in [5.74, 6) is 0.262. The molecule has 0 aliphatic heterocycles. The van der Waals surface area contributed by atoms with Gasteiger partial charge in [0.15, 0.2) is 11.5 Å². The van der Waals surface area contributed by atoms with Gasteiger partial charge in [-0.2, -0.15) is 0 Å². The van der Waals surface area contributed by atoms with Gasteiger partial charge in [0.1, 0.15) is 0 Å². The lowest BCUT2D eigenvalue weighted by Gasteiger charge is -2.14. The van der Waals surface area contributed by atoms with Crippen molar-refractivity contribution in [3.63, 3.8) is 0 Å². The summed E-state index contributed by atoms with van der Waals surface area (Å²) in [6.45, 7) is 0.489. The Morgan fingerprint density at radius 3 is 2.59 bits per heavy atom. The topological polar surface area (TPSA) is 67.8 Å². The highest BCUT2D eigenvalue weighted by Gasteiger charge is 2.11. The molecule has 0 aromatic heterocycles. The van der Waals surface area contributed by atoms with Crippen LogP contribution in [0.3, 0.4) is 0 Å². The van der Waals surface area contributed by atoms with E-state index < -0.39 is 5.97 Å². The molecular formula is C16H16ClNO4. The third-order valence-corrected chi connectivity index (χ3v) is 3.48. The molecule has 2 aromatic carbocycles. The molecule has 22 heavy (non-hydrogen) atoms. The zero-order valence-electron chi connectivity index (χ0n) is 12.2. The Morgan fingerprint density at radius 1 is 1.23 bits per heavy atom. The highest BCUT2D eigenvalue weighted by atomic mass is 35.5. The summed E-state index contributed by atoms with van der Waals surface area (Å²) < 4.78 is 10.6. The molecule has 0 aliphatic rings. The molecular weight excluding hydrogens is 306 g/mol. The van der Waals surface area contributed by atoms with Crippen molar-refractivity contribution in [3.05, 3.63) is 52.5 Å². The lowest BCUT2D eigenvalue weighted by molar-refractivity contribution is 0.0697. The van der Waals surface area contributed by atoms with Gasteiger partial charge in [-0.05, 0) is 24.3 Å². The monoisotopic (exact) mass is 321 g/mol. The van der Waals surface area contributed by atoms with Gasteiger partial charge < -0.3 is 19.9 Å². The van der Waals surface area contributed by atoms with E-state index in [1.165, 1.54) is 6.07 Å². The van der Waals surface area contributed by atoms with Crippen molar-refractivity contribution in [1.29, 1.82) is 0 Å². The second kappa shape index (κ2) is 7.04. The van der Waals surface area contributed by atoms with Crippen molar-refractivity contribution >= 4 is 23.3 Å². The number of methoxy groups -OCH3 is 2. The van der Waals surface area contributed by atoms with Gasteiger partial charge in [0.05, 0.1) is 24.8 Å². The molecule has 5 nitrogen and oxygen atoms in total. The SMILES string of the molecule is COc1cccc(CNc2ccc(C(=O)O)c(Cl)c2)c1OC. The number of halogens is 1. The smallest absolute Gasteiger partial charge is 0.337 e. The van der Waals surface area contributed by atoms with Gasteiger partial charge in [0.25, 0.3) is 0 Å². The number of hydrogen-bond donors (Lipinski definition) is 2. The molecule has 2 N–H and O–H groups in total. The summed E-state index contributed by atoms with van der Waals surface area (Å²) in [6, 6.07) is 10.3. The first-order valence-electron chi connectivity index (χ1n) is 6.53. The summed E-state index contributed by atoms with van der Waals surface area (Å²) in [5, 5.41) is 12.3. The molecule has 0 saturated carbocycles. The van der Waals surface area contributed by atoms with Crippen LogP contribution >= 0.6 is 11.6 Å². The normalized spacial score (nSPS) is 10.1. The lowest BCUT2D eigenvalue weighted by Crippen LogP contribution is -2.04. The lowest BCUT2D eigenvalue weighted by atomic mass is 10.1. The zero-order valence-corrected chi connectivity index (χ0v) is 13.0. The van der Waals surface area contributed by atoms with Crippen LogP contribution in [-0.4, -0.2) is 25.3 Å². The van der Waals surface area contributed by atoms with Crippen LogP contribution in [0.1, 0.15) is 15.9 Å². The molecule has 116 valence electrons. The van der Waals surface area contributed by atoms with Crippen LogP contribution in [0, 0.1) is 0 Å². The molecule has 0 radical (unpaired) electrons. The number of aromatic carboxylic acids is 1. The number of carboxylic acid groups (broad SMARTS) is 1. The predicted octanol–water partition coefficient (Wildman–Crippen LogP) is 3.67. The average Bonchev–Trinajstić information content (AvgIpc) is 2.51. The van der Waals surface area contributed by atoms with Crippen LogP contribution in [-0.2, 0) is 6.54 Å². The van der Waals surface area contributed by atoms with E-state index in [4.69, 9.17) is 26.2 Å². The number of para-hydroxylation sites is 1. The molecule has 0 atom stereocenters. The summed E-state index contributed by atoms with van der Waals surface area (Å²) >= 11 is 5.95. The Morgan fingerprint density at radius 2 is 2.00 bits per heavy atom. The molecule has 0 amide bonds. The van der Waals surface area contributed by atoms with Crippen molar-refractivity contribution in [3.8, 4) is 11.5 Å². The van der Waals surface area contributed by atoms with Gasteiger partial charge >= 0.3 is 5.97 Å². The number of rotatable bonds is 6. The van der Waals surface area contributed by atoms with Crippen LogP contribution in [0.4, 0.5) is 5.69 Å². The van der Waals surface area contributed by atoms with E-state index in [0.717, 1.165) is 11.3 Å². The van der Waals surface area contributed by atoms with E-state index in [9.17, 15) is 4.79 Å². The molecule has 0 bridgehead atoms.